The topological polar surface area (TPSA) is 111 Å². The third kappa shape index (κ3) is 4.04. The number of amides is 3. The van der Waals surface area contributed by atoms with E-state index in [1.165, 1.54) is 13.2 Å². The lowest BCUT2D eigenvalue weighted by molar-refractivity contribution is -0.116. The Kier molecular flexibility index (Phi) is 5.54. The van der Waals surface area contributed by atoms with E-state index in [1.807, 2.05) is 18.2 Å². The van der Waals surface area contributed by atoms with E-state index in [0.29, 0.717) is 51.6 Å². The van der Waals surface area contributed by atoms with Crippen molar-refractivity contribution in [1.29, 1.82) is 0 Å². The molecule has 11 heteroatoms. The Morgan fingerprint density at radius 2 is 2.00 bits per heavy atom. The number of hydrogen-bond acceptors (Lipinski definition) is 6. The van der Waals surface area contributed by atoms with Crippen molar-refractivity contribution >= 4 is 46.6 Å². The summed E-state index contributed by atoms with van der Waals surface area (Å²) in [4.78, 5) is 28.5. The number of fused-ring (bicyclic) bond motifs is 4. The van der Waals surface area contributed by atoms with Crippen LogP contribution >= 0.6 is 23.2 Å². The van der Waals surface area contributed by atoms with Gasteiger partial charge in [0.05, 0.1) is 34.8 Å². The highest BCUT2D eigenvalue weighted by Gasteiger charge is 2.59. The van der Waals surface area contributed by atoms with Crippen LogP contribution in [-0.4, -0.2) is 36.2 Å². The summed E-state index contributed by atoms with van der Waals surface area (Å²) in [6.45, 7) is 0. The van der Waals surface area contributed by atoms with Gasteiger partial charge < -0.3 is 30.2 Å². The number of benzene rings is 2. The Morgan fingerprint density at radius 1 is 1.14 bits per heavy atom. The molecule has 1 aliphatic carbocycles. The molecule has 3 N–H and O–H groups in total. The summed E-state index contributed by atoms with van der Waals surface area (Å²) < 4.78 is 17.4. The first-order valence-electron chi connectivity index (χ1n) is 11.3. The summed E-state index contributed by atoms with van der Waals surface area (Å²) >= 11 is 12.3. The maximum Gasteiger partial charge on any atom is 0.319 e. The van der Waals surface area contributed by atoms with Gasteiger partial charge in [0, 0.05) is 29.8 Å². The van der Waals surface area contributed by atoms with Crippen LogP contribution in [0.25, 0.3) is 0 Å². The molecule has 3 heterocycles. The molecular formula is C25H20Cl2N4O5. The van der Waals surface area contributed by atoms with Gasteiger partial charge in [-0.15, -0.1) is 0 Å². The Morgan fingerprint density at radius 3 is 2.83 bits per heavy atom. The Bertz CT molecular complexity index is 1420. The monoisotopic (exact) mass is 526 g/mol. The average molecular weight is 527 g/mol. The second-order valence-electron chi connectivity index (χ2n) is 8.69. The molecule has 3 aromatic rings. The normalized spacial score (nSPS) is 20.8. The average Bonchev–Trinajstić information content (AvgIpc) is 3.36. The van der Waals surface area contributed by atoms with Crippen molar-refractivity contribution in [3.8, 4) is 23.0 Å². The summed E-state index contributed by atoms with van der Waals surface area (Å²) in [7, 11) is 1.48. The molecule has 1 aromatic heterocycles. The maximum atomic E-state index is 12.6. The number of carbonyl (C=O) groups excluding carboxylic acids is 2. The van der Waals surface area contributed by atoms with Crippen LogP contribution in [0, 0.1) is 0 Å². The van der Waals surface area contributed by atoms with Gasteiger partial charge >= 0.3 is 6.03 Å². The SMILES string of the molecule is COc1cc(NC(=O)N[C@@H]2[C@H]3Oc4ccc(Oc5ccnc6c5CCC(=O)N6)cc4[C@@H]23)c(Cl)cc1Cl. The van der Waals surface area contributed by atoms with Crippen molar-refractivity contribution < 1.29 is 23.8 Å². The van der Waals surface area contributed by atoms with E-state index in [2.05, 4.69) is 20.9 Å². The van der Waals surface area contributed by atoms with Crippen LogP contribution in [-0.2, 0) is 11.2 Å². The number of hydrogen-bond donors (Lipinski definition) is 3. The van der Waals surface area contributed by atoms with Gasteiger partial charge in [0.2, 0.25) is 5.91 Å². The summed E-state index contributed by atoms with van der Waals surface area (Å²) in [5, 5.41) is 9.11. The zero-order valence-electron chi connectivity index (χ0n) is 18.9. The summed E-state index contributed by atoms with van der Waals surface area (Å²) in [5.41, 5.74) is 2.21. The zero-order chi connectivity index (χ0) is 25.0. The van der Waals surface area contributed by atoms with Gasteiger partial charge in [-0.3, -0.25) is 4.79 Å². The van der Waals surface area contributed by atoms with Gasteiger partial charge in [-0.1, -0.05) is 23.2 Å². The number of anilines is 2. The number of rotatable bonds is 5. The van der Waals surface area contributed by atoms with Crippen LogP contribution in [0.1, 0.15) is 23.5 Å². The molecule has 3 amide bonds. The van der Waals surface area contributed by atoms with Crippen LogP contribution < -0.4 is 30.2 Å². The molecule has 0 unspecified atom stereocenters. The summed E-state index contributed by atoms with van der Waals surface area (Å²) in [5.74, 6) is 2.95. The van der Waals surface area contributed by atoms with Crippen LogP contribution in [0.3, 0.4) is 0 Å². The molecule has 9 nitrogen and oxygen atoms in total. The van der Waals surface area contributed by atoms with Crippen LogP contribution in [0.5, 0.6) is 23.0 Å². The minimum absolute atomic E-state index is 0.00942. The number of pyridine rings is 1. The molecule has 0 radical (unpaired) electrons. The van der Waals surface area contributed by atoms with Crippen molar-refractivity contribution in [3.05, 3.63) is 63.8 Å². The van der Waals surface area contributed by atoms with Crippen molar-refractivity contribution in [1.82, 2.24) is 10.3 Å². The third-order valence-electron chi connectivity index (χ3n) is 6.45. The Balaban J connectivity index is 1.14. The molecular weight excluding hydrogens is 507 g/mol. The standard InChI is InChI=1S/C25H20Cl2N4O5/c1-34-19-10-16(14(26)9-15(19)27)29-25(33)31-22-21-13-8-11(2-4-17(13)36-23(21)22)35-18-6-7-28-24-12(18)3-5-20(32)30-24/h2,4,6-10,21-23H,3,5H2,1H3,(H,28,30,32)(H2,29,31,33)/t21-,22-,23-/m0/s1. The number of carbonyl (C=O) groups is 2. The quantitative estimate of drug-likeness (QED) is 0.425. The molecule has 0 spiro atoms. The van der Waals surface area contributed by atoms with E-state index in [0.717, 1.165) is 16.9 Å². The highest BCUT2D eigenvalue weighted by atomic mass is 35.5. The fourth-order valence-electron chi connectivity index (χ4n) is 4.65. The number of nitrogens with one attached hydrogen (secondary N) is 3. The molecule has 3 aliphatic rings. The molecule has 0 bridgehead atoms. The fraction of sp³-hybridized carbons (Fsp3) is 0.240. The summed E-state index contributed by atoms with van der Waals surface area (Å²) in [6.07, 6.45) is 2.41. The molecule has 6 rings (SSSR count). The second-order valence-corrected chi connectivity index (χ2v) is 9.50. The smallest absolute Gasteiger partial charge is 0.319 e. The van der Waals surface area contributed by atoms with Gasteiger partial charge in [0.25, 0.3) is 0 Å². The van der Waals surface area contributed by atoms with Gasteiger partial charge in [0.15, 0.2) is 0 Å². The van der Waals surface area contributed by atoms with Gasteiger partial charge in [0.1, 0.15) is 34.9 Å². The second kappa shape index (κ2) is 8.76. The number of aromatic nitrogens is 1. The predicted molar refractivity (Wildman–Crippen MR) is 134 cm³/mol. The van der Waals surface area contributed by atoms with Gasteiger partial charge in [-0.05, 0) is 36.8 Å². The van der Waals surface area contributed by atoms with Crippen molar-refractivity contribution in [2.24, 2.45) is 0 Å². The first kappa shape index (κ1) is 22.8. The minimum Gasteiger partial charge on any atom is -0.495 e. The van der Waals surface area contributed by atoms with Crippen molar-refractivity contribution in [2.45, 2.75) is 30.9 Å². The molecule has 3 atom stereocenters. The Hall–Kier alpha value is -3.69. The van der Waals surface area contributed by atoms with E-state index in [1.54, 1.807) is 18.3 Å². The molecule has 1 fully saturated rings. The van der Waals surface area contributed by atoms with Crippen LogP contribution in [0.15, 0.2) is 42.6 Å². The van der Waals surface area contributed by atoms with Crippen LogP contribution in [0.2, 0.25) is 10.0 Å². The van der Waals surface area contributed by atoms with Crippen molar-refractivity contribution in [3.63, 3.8) is 0 Å². The first-order chi connectivity index (χ1) is 17.4. The zero-order valence-corrected chi connectivity index (χ0v) is 20.4. The number of nitrogens with zero attached hydrogens (tertiary/aromatic N) is 1. The molecule has 0 saturated heterocycles. The lowest BCUT2D eigenvalue weighted by Crippen LogP contribution is -2.34. The van der Waals surface area contributed by atoms with Gasteiger partial charge in [-0.25, -0.2) is 9.78 Å². The highest BCUT2D eigenvalue weighted by Crippen LogP contribution is 2.54. The molecule has 2 aromatic carbocycles. The van der Waals surface area contributed by atoms with E-state index in [9.17, 15) is 9.59 Å². The third-order valence-corrected chi connectivity index (χ3v) is 7.05. The van der Waals surface area contributed by atoms with E-state index < -0.39 is 6.03 Å². The fourth-order valence-corrected chi connectivity index (χ4v) is 5.15. The molecule has 184 valence electrons. The molecule has 2 aliphatic heterocycles. The lowest BCUT2D eigenvalue weighted by atomic mass is 10.1. The maximum absolute atomic E-state index is 12.6. The van der Waals surface area contributed by atoms with E-state index in [-0.39, 0.29) is 24.0 Å². The number of halogens is 2. The van der Waals surface area contributed by atoms with Crippen molar-refractivity contribution in [2.75, 3.05) is 17.7 Å². The first-order valence-corrected chi connectivity index (χ1v) is 12.0. The summed E-state index contributed by atoms with van der Waals surface area (Å²) in [6, 6.07) is 9.88. The minimum atomic E-state index is -0.413. The van der Waals surface area contributed by atoms with Gasteiger partial charge in [-0.2, -0.15) is 0 Å². The van der Waals surface area contributed by atoms with E-state index in [4.69, 9.17) is 37.4 Å². The predicted octanol–water partition coefficient (Wildman–Crippen LogP) is 5.12. The van der Waals surface area contributed by atoms with Crippen LogP contribution in [0.4, 0.5) is 16.3 Å². The Labute approximate surface area is 216 Å². The molecule has 1 saturated carbocycles. The highest BCUT2D eigenvalue weighted by molar-refractivity contribution is 6.37. The number of ether oxygens (including phenoxy) is 3. The van der Waals surface area contributed by atoms with E-state index >= 15 is 0 Å². The lowest BCUT2D eigenvalue weighted by Gasteiger charge is -2.19. The number of urea groups is 1. The largest absolute Gasteiger partial charge is 0.495 e. The molecule has 36 heavy (non-hydrogen) atoms. The number of methoxy groups -OCH3 is 1.